The number of fused-ring (bicyclic) bond motifs is 3. The number of aromatic nitrogens is 3. The van der Waals surface area contributed by atoms with Crippen LogP contribution in [0.5, 0.6) is 0 Å². The topological polar surface area (TPSA) is 51.9 Å². The van der Waals surface area contributed by atoms with E-state index in [1.54, 1.807) is 0 Å². The predicted octanol–water partition coefficient (Wildman–Crippen LogP) is 5.06. The van der Waals surface area contributed by atoms with Crippen LogP contribution >= 0.6 is 0 Å². The number of hydrogen-bond acceptors (Lipinski definition) is 3. The molecule has 0 aliphatic carbocycles. The van der Waals surface area contributed by atoms with Gasteiger partial charge in [-0.15, -0.1) is 0 Å². The van der Waals surface area contributed by atoms with Crippen LogP contribution in [0, 0.1) is 0 Å². The Morgan fingerprint density at radius 2 is 1.73 bits per heavy atom. The Kier molecular flexibility index (Phi) is 4.84. The number of alkyl halides is 3. The van der Waals surface area contributed by atoms with Gasteiger partial charge in [-0.05, 0) is 37.1 Å². The van der Waals surface area contributed by atoms with Crippen molar-refractivity contribution in [3.8, 4) is 0 Å². The number of nitrogens with zero attached hydrogens (tertiary/aromatic N) is 3. The van der Waals surface area contributed by atoms with Crippen molar-refractivity contribution in [2.24, 2.45) is 0 Å². The third-order valence-corrected chi connectivity index (χ3v) is 5.99. The molecule has 8 heteroatoms. The molecule has 5 nitrogen and oxygen atoms in total. The number of rotatable bonds is 4. The Labute approximate surface area is 188 Å². The van der Waals surface area contributed by atoms with E-state index in [9.17, 15) is 18.0 Å². The zero-order chi connectivity index (χ0) is 23.4. The molecule has 33 heavy (non-hydrogen) atoms. The summed E-state index contributed by atoms with van der Waals surface area (Å²) in [6, 6.07) is 14.9. The van der Waals surface area contributed by atoms with Crippen molar-refractivity contribution in [2.75, 3.05) is 5.32 Å². The van der Waals surface area contributed by atoms with Crippen LogP contribution in [0.2, 0.25) is 0 Å². The summed E-state index contributed by atoms with van der Waals surface area (Å²) < 4.78 is 42.9. The molecular formula is C25H23F3N4O. The van der Waals surface area contributed by atoms with E-state index in [1.807, 2.05) is 59.5 Å². The number of anilines is 1. The summed E-state index contributed by atoms with van der Waals surface area (Å²) in [6.07, 6.45) is -1.95. The van der Waals surface area contributed by atoms with Crippen molar-refractivity contribution in [3.05, 3.63) is 93.5 Å². The molecule has 0 amide bonds. The molecule has 0 radical (unpaired) electrons. The lowest BCUT2D eigenvalue weighted by atomic mass is 10.1. The first-order chi connectivity index (χ1) is 15.6. The van der Waals surface area contributed by atoms with Gasteiger partial charge in [-0.3, -0.25) is 4.79 Å². The summed E-state index contributed by atoms with van der Waals surface area (Å²) in [5.41, 5.74) is 2.11. The van der Waals surface area contributed by atoms with Crippen molar-refractivity contribution in [2.45, 2.75) is 45.1 Å². The zero-order valence-corrected chi connectivity index (χ0v) is 18.3. The first-order valence-electron chi connectivity index (χ1n) is 10.7. The Morgan fingerprint density at radius 1 is 1.03 bits per heavy atom. The highest BCUT2D eigenvalue weighted by molar-refractivity contribution is 5.84. The van der Waals surface area contributed by atoms with Gasteiger partial charge in [0.05, 0.1) is 22.0 Å². The fourth-order valence-electron chi connectivity index (χ4n) is 4.45. The van der Waals surface area contributed by atoms with Gasteiger partial charge in [-0.1, -0.05) is 42.5 Å². The molecule has 5 rings (SSSR count). The van der Waals surface area contributed by atoms with Gasteiger partial charge in [0.25, 0.3) is 5.56 Å². The van der Waals surface area contributed by atoms with Crippen LogP contribution in [-0.4, -0.2) is 19.7 Å². The second-order valence-electron chi connectivity index (χ2n) is 9.16. The monoisotopic (exact) mass is 452 g/mol. The second kappa shape index (κ2) is 7.50. The van der Waals surface area contributed by atoms with Gasteiger partial charge in [0.15, 0.2) is 0 Å². The molecule has 1 aliphatic heterocycles. The molecule has 1 aliphatic rings. The SMILES string of the molecule is CC1(C)Cn2c(nc(=O)c3c(Cc4ccccc4)n(Cc4ccc(C(F)(F)F)cc4)cc32)N1. The number of halogens is 3. The summed E-state index contributed by atoms with van der Waals surface area (Å²) in [5, 5.41) is 3.84. The third-order valence-electron chi connectivity index (χ3n) is 5.99. The number of hydrogen-bond donors (Lipinski definition) is 1. The van der Waals surface area contributed by atoms with Crippen LogP contribution in [0.15, 0.2) is 65.6 Å². The summed E-state index contributed by atoms with van der Waals surface area (Å²) in [7, 11) is 0. The van der Waals surface area contributed by atoms with Crippen LogP contribution in [0.4, 0.5) is 19.1 Å². The summed E-state index contributed by atoms with van der Waals surface area (Å²) in [5.74, 6) is 0.537. The van der Waals surface area contributed by atoms with Gasteiger partial charge in [0.1, 0.15) is 0 Å². The zero-order valence-electron chi connectivity index (χ0n) is 18.3. The highest BCUT2D eigenvalue weighted by Gasteiger charge is 2.32. The van der Waals surface area contributed by atoms with Crippen LogP contribution in [0.1, 0.15) is 36.2 Å². The fourth-order valence-corrected chi connectivity index (χ4v) is 4.45. The molecule has 3 heterocycles. The van der Waals surface area contributed by atoms with E-state index in [4.69, 9.17) is 0 Å². The minimum absolute atomic E-state index is 0.240. The molecule has 0 saturated heterocycles. The van der Waals surface area contributed by atoms with Gasteiger partial charge in [-0.2, -0.15) is 18.2 Å². The maximum atomic E-state index is 13.1. The van der Waals surface area contributed by atoms with E-state index in [0.717, 1.165) is 34.5 Å². The Hall–Kier alpha value is -3.55. The van der Waals surface area contributed by atoms with Gasteiger partial charge in [0, 0.05) is 31.4 Å². The molecule has 1 N–H and O–H groups in total. The van der Waals surface area contributed by atoms with Crippen molar-refractivity contribution < 1.29 is 13.2 Å². The molecule has 170 valence electrons. The van der Waals surface area contributed by atoms with Crippen molar-refractivity contribution in [1.29, 1.82) is 0 Å². The highest BCUT2D eigenvalue weighted by Crippen LogP contribution is 2.32. The van der Waals surface area contributed by atoms with Crippen LogP contribution in [0.25, 0.3) is 10.9 Å². The summed E-state index contributed by atoms with van der Waals surface area (Å²) >= 11 is 0. The van der Waals surface area contributed by atoms with E-state index < -0.39 is 11.7 Å². The summed E-state index contributed by atoms with van der Waals surface area (Å²) in [6.45, 7) is 5.09. The molecule has 2 aromatic carbocycles. The fraction of sp³-hybridized carbons (Fsp3) is 0.280. The molecule has 0 saturated carbocycles. The molecule has 0 bridgehead atoms. The lowest BCUT2D eigenvalue weighted by molar-refractivity contribution is -0.137. The Bertz CT molecular complexity index is 1380. The highest BCUT2D eigenvalue weighted by atomic mass is 19.4. The maximum absolute atomic E-state index is 13.1. The molecule has 0 atom stereocenters. The average molecular weight is 452 g/mol. The maximum Gasteiger partial charge on any atom is 0.416 e. The molecule has 0 unspecified atom stereocenters. The van der Waals surface area contributed by atoms with Crippen LogP contribution < -0.4 is 10.9 Å². The average Bonchev–Trinajstić information content (AvgIpc) is 3.25. The quantitative estimate of drug-likeness (QED) is 0.471. The number of nitrogens with one attached hydrogen (secondary N) is 1. The predicted molar refractivity (Wildman–Crippen MR) is 121 cm³/mol. The van der Waals surface area contributed by atoms with Crippen LogP contribution in [-0.2, 0) is 25.7 Å². The van der Waals surface area contributed by atoms with Gasteiger partial charge < -0.3 is 14.5 Å². The molecule has 0 spiro atoms. The smallest absolute Gasteiger partial charge is 0.349 e. The molecular weight excluding hydrogens is 429 g/mol. The first kappa shape index (κ1) is 21.3. The van der Waals surface area contributed by atoms with Gasteiger partial charge in [0.2, 0.25) is 5.95 Å². The van der Waals surface area contributed by atoms with Gasteiger partial charge in [-0.25, -0.2) is 0 Å². The van der Waals surface area contributed by atoms with Gasteiger partial charge >= 0.3 is 6.18 Å². The van der Waals surface area contributed by atoms with E-state index in [-0.39, 0.29) is 11.1 Å². The van der Waals surface area contributed by atoms with Crippen molar-refractivity contribution in [3.63, 3.8) is 0 Å². The normalized spacial score (nSPS) is 14.9. The third kappa shape index (κ3) is 4.01. The lowest BCUT2D eigenvalue weighted by Crippen LogP contribution is -2.28. The van der Waals surface area contributed by atoms with E-state index in [1.165, 1.54) is 12.1 Å². The lowest BCUT2D eigenvalue weighted by Gasteiger charge is -2.15. The first-order valence-corrected chi connectivity index (χ1v) is 10.7. The largest absolute Gasteiger partial charge is 0.416 e. The van der Waals surface area contributed by atoms with E-state index >= 15 is 0 Å². The number of benzene rings is 2. The Morgan fingerprint density at radius 3 is 2.39 bits per heavy atom. The molecule has 4 aromatic rings. The van der Waals surface area contributed by atoms with E-state index in [2.05, 4.69) is 10.3 Å². The Balaban J connectivity index is 1.63. The van der Waals surface area contributed by atoms with E-state index in [0.29, 0.717) is 30.8 Å². The minimum Gasteiger partial charge on any atom is -0.349 e. The van der Waals surface area contributed by atoms with Crippen molar-refractivity contribution in [1.82, 2.24) is 14.1 Å². The molecule has 0 fully saturated rings. The molecule has 2 aromatic heterocycles. The standard InChI is InChI=1S/C25H23F3N4O/c1-24(2)15-32-20-14-31(13-17-8-10-18(11-9-17)25(26,27)28)19(12-16-6-4-3-5-7-16)21(20)22(33)29-23(32)30-24/h3-11,14H,12-13,15H2,1-2H3,(H,29,30,33). The second-order valence-corrected chi connectivity index (χ2v) is 9.16. The van der Waals surface area contributed by atoms with Crippen molar-refractivity contribution >= 4 is 16.9 Å². The summed E-state index contributed by atoms with van der Waals surface area (Å²) in [4.78, 5) is 17.4. The van der Waals surface area contributed by atoms with Crippen LogP contribution in [0.3, 0.4) is 0 Å². The minimum atomic E-state index is -4.38.